The number of rotatable bonds is 8. The zero-order chi connectivity index (χ0) is 20.1. The Kier molecular flexibility index (Phi) is 5.90. The molecule has 0 saturated heterocycles. The predicted octanol–water partition coefficient (Wildman–Crippen LogP) is 3.00. The minimum atomic E-state index is -0.716. The van der Waals surface area contributed by atoms with Gasteiger partial charge in [0.25, 0.3) is 0 Å². The van der Waals surface area contributed by atoms with Gasteiger partial charge >= 0.3 is 0 Å². The van der Waals surface area contributed by atoms with Crippen LogP contribution < -0.4 is 25.7 Å². The van der Waals surface area contributed by atoms with E-state index in [1.807, 2.05) is 0 Å². The molecule has 0 radical (unpaired) electrons. The molecule has 0 aliphatic carbocycles. The largest absolute Gasteiger partial charge is 0.493 e. The Morgan fingerprint density at radius 3 is 2.61 bits per heavy atom. The third-order valence-electron chi connectivity index (χ3n) is 4.03. The Labute approximate surface area is 161 Å². The van der Waals surface area contributed by atoms with E-state index < -0.39 is 11.7 Å². The molecule has 4 N–H and O–H groups in total. The maximum absolute atomic E-state index is 14.3. The summed E-state index contributed by atoms with van der Waals surface area (Å²) in [5, 5.41) is 0.615. The minimum absolute atomic E-state index is 0.0419. The van der Waals surface area contributed by atoms with E-state index in [-0.39, 0.29) is 11.3 Å². The number of carbonyl (C=O) groups excluding carboxylic acids is 1. The number of amides is 1. The van der Waals surface area contributed by atoms with Crippen molar-refractivity contribution in [1.82, 2.24) is 4.98 Å². The van der Waals surface area contributed by atoms with Crippen LogP contribution in [0.25, 0.3) is 10.9 Å². The average molecular weight is 385 g/mol. The van der Waals surface area contributed by atoms with Crippen LogP contribution in [0.5, 0.6) is 23.0 Å². The van der Waals surface area contributed by atoms with Gasteiger partial charge in [-0.1, -0.05) is 0 Å². The summed E-state index contributed by atoms with van der Waals surface area (Å²) in [7, 11) is 1.52. The third-order valence-corrected chi connectivity index (χ3v) is 4.03. The fraction of sp³-hybridized carbons (Fsp3) is 0.200. The quantitative estimate of drug-likeness (QED) is 0.577. The van der Waals surface area contributed by atoms with Crippen molar-refractivity contribution in [2.75, 3.05) is 20.3 Å². The molecule has 1 heterocycles. The normalized spacial score (nSPS) is 10.7. The van der Waals surface area contributed by atoms with Crippen molar-refractivity contribution >= 4 is 16.8 Å². The van der Waals surface area contributed by atoms with Crippen LogP contribution in [0.15, 0.2) is 42.6 Å². The summed E-state index contributed by atoms with van der Waals surface area (Å²) in [5.41, 5.74) is 11.3. The summed E-state index contributed by atoms with van der Waals surface area (Å²) in [4.78, 5) is 15.5. The number of hydrogen-bond donors (Lipinski definition) is 2. The van der Waals surface area contributed by atoms with E-state index in [1.54, 1.807) is 24.4 Å². The van der Waals surface area contributed by atoms with E-state index in [1.165, 1.54) is 19.2 Å². The zero-order valence-electron chi connectivity index (χ0n) is 15.3. The second-order valence-corrected chi connectivity index (χ2v) is 5.93. The van der Waals surface area contributed by atoms with Crippen molar-refractivity contribution in [3.05, 3.63) is 54.0 Å². The predicted molar refractivity (Wildman–Crippen MR) is 102 cm³/mol. The van der Waals surface area contributed by atoms with E-state index in [2.05, 4.69) is 4.98 Å². The van der Waals surface area contributed by atoms with E-state index in [0.717, 1.165) is 6.07 Å². The van der Waals surface area contributed by atoms with Gasteiger partial charge in [-0.2, -0.15) is 0 Å². The summed E-state index contributed by atoms with van der Waals surface area (Å²) in [6.45, 7) is 0.970. The standard InChI is InChI=1S/C20H20FN3O4/c1-26-18-10-13-15(11-19(18)27-8-2-6-22)24-7-5-16(13)28-17-4-3-12(20(23)25)9-14(17)21/h3-5,7,9-11H,2,6,8,22H2,1H3,(H2,23,25). The topological polar surface area (TPSA) is 110 Å². The molecule has 0 atom stereocenters. The van der Waals surface area contributed by atoms with Crippen LogP contribution in [-0.2, 0) is 0 Å². The van der Waals surface area contributed by atoms with Gasteiger partial charge in [0.05, 0.1) is 19.2 Å². The van der Waals surface area contributed by atoms with Crippen molar-refractivity contribution < 1.29 is 23.4 Å². The van der Waals surface area contributed by atoms with Gasteiger partial charge in [-0.3, -0.25) is 9.78 Å². The van der Waals surface area contributed by atoms with Gasteiger partial charge in [-0.15, -0.1) is 0 Å². The fourth-order valence-corrected chi connectivity index (χ4v) is 2.61. The number of pyridine rings is 1. The number of primary amides is 1. The number of fused-ring (bicyclic) bond motifs is 1. The van der Waals surface area contributed by atoms with Crippen LogP contribution in [0.1, 0.15) is 16.8 Å². The highest BCUT2D eigenvalue weighted by molar-refractivity contribution is 5.93. The Hall–Kier alpha value is -3.39. The molecule has 0 aliphatic heterocycles. The summed E-state index contributed by atoms with van der Waals surface area (Å²) >= 11 is 0. The highest BCUT2D eigenvalue weighted by Gasteiger charge is 2.14. The number of carbonyl (C=O) groups is 1. The Bertz CT molecular complexity index is 1010. The highest BCUT2D eigenvalue weighted by atomic mass is 19.1. The lowest BCUT2D eigenvalue weighted by atomic mass is 10.1. The molecule has 0 spiro atoms. The van der Waals surface area contributed by atoms with Gasteiger partial charge in [0.1, 0.15) is 5.75 Å². The lowest BCUT2D eigenvalue weighted by Gasteiger charge is -2.14. The van der Waals surface area contributed by atoms with E-state index in [9.17, 15) is 9.18 Å². The molecular weight excluding hydrogens is 365 g/mol. The Morgan fingerprint density at radius 2 is 1.93 bits per heavy atom. The third kappa shape index (κ3) is 4.12. The molecule has 2 aromatic carbocycles. The molecule has 7 nitrogen and oxygen atoms in total. The van der Waals surface area contributed by atoms with E-state index in [4.69, 9.17) is 25.7 Å². The number of ether oxygens (including phenoxy) is 3. The minimum Gasteiger partial charge on any atom is -0.493 e. The van der Waals surface area contributed by atoms with Gasteiger partial charge < -0.3 is 25.7 Å². The lowest BCUT2D eigenvalue weighted by molar-refractivity contribution is 0.1000. The van der Waals surface area contributed by atoms with Crippen LogP contribution in [0, 0.1) is 5.82 Å². The first-order valence-electron chi connectivity index (χ1n) is 8.60. The first-order valence-corrected chi connectivity index (χ1v) is 8.60. The number of aromatic nitrogens is 1. The summed E-state index contributed by atoms with van der Waals surface area (Å²) in [6, 6.07) is 8.83. The molecule has 1 amide bonds. The van der Waals surface area contributed by atoms with E-state index in [0.29, 0.717) is 47.7 Å². The van der Waals surface area contributed by atoms with Crippen LogP contribution in [0.4, 0.5) is 4.39 Å². The summed E-state index contributed by atoms with van der Waals surface area (Å²) in [6.07, 6.45) is 2.25. The molecule has 146 valence electrons. The van der Waals surface area contributed by atoms with Gasteiger partial charge in [-0.25, -0.2) is 4.39 Å². The maximum atomic E-state index is 14.3. The van der Waals surface area contributed by atoms with Crippen LogP contribution in [0.2, 0.25) is 0 Å². The van der Waals surface area contributed by atoms with Crippen molar-refractivity contribution in [3.8, 4) is 23.0 Å². The van der Waals surface area contributed by atoms with Crippen LogP contribution >= 0.6 is 0 Å². The molecule has 28 heavy (non-hydrogen) atoms. The van der Waals surface area contributed by atoms with Gasteiger partial charge in [-0.05, 0) is 43.3 Å². The molecule has 8 heteroatoms. The highest BCUT2D eigenvalue weighted by Crippen LogP contribution is 2.37. The van der Waals surface area contributed by atoms with Gasteiger partial charge in [0, 0.05) is 23.2 Å². The summed E-state index contributed by atoms with van der Waals surface area (Å²) < 4.78 is 31.1. The van der Waals surface area contributed by atoms with E-state index >= 15 is 0 Å². The van der Waals surface area contributed by atoms with Gasteiger partial charge in [0.2, 0.25) is 5.91 Å². The molecule has 0 aliphatic rings. The second kappa shape index (κ2) is 8.53. The van der Waals surface area contributed by atoms with Crippen molar-refractivity contribution in [3.63, 3.8) is 0 Å². The number of benzene rings is 2. The first kappa shape index (κ1) is 19.4. The monoisotopic (exact) mass is 385 g/mol. The molecule has 3 rings (SSSR count). The molecule has 0 saturated carbocycles. The molecule has 0 unspecified atom stereocenters. The summed E-state index contributed by atoms with van der Waals surface area (Å²) in [5.74, 6) is -0.0547. The smallest absolute Gasteiger partial charge is 0.248 e. The van der Waals surface area contributed by atoms with Crippen LogP contribution in [-0.4, -0.2) is 31.2 Å². The molecular formula is C20H20FN3O4. The first-order chi connectivity index (χ1) is 13.5. The Morgan fingerprint density at radius 1 is 1.11 bits per heavy atom. The molecule has 0 fully saturated rings. The fourth-order valence-electron chi connectivity index (χ4n) is 2.61. The number of halogens is 1. The zero-order valence-corrected chi connectivity index (χ0v) is 15.3. The maximum Gasteiger partial charge on any atom is 0.248 e. The lowest BCUT2D eigenvalue weighted by Crippen LogP contribution is -2.11. The number of nitrogens with two attached hydrogens (primary N) is 2. The second-order valence-electron chi connectivity index (χ2n) is 5.93. The Balaban J connectivity index is 1.97. The average Bonchev–Trinajstić information content (AvgIpc) is 2.69. The molecule has 0 bridgehead atoms. The SMILES string of the molecule is COc1cc2c(Oc3ccc(C(N)=O)cc3F)ccnc2cc1OCCCN. The number of hydrogen-bond acceptors (Lipinski definition) is 6. The van der Waals surface area contributed by atoms with Gasteiger partial charge in [0.15, 0.2) is 23.1 Å². The molecule has 1 aromatic heterocycles. The van der Waals surface area contributed by atoms with Crippen molar-refractivity contribution in [2.24, 2.45) is 11.5 Å². The number of methoxy groups -OCH3 is 1. The van der Waals surface area contributed by atoms with Crippen molar-refractivity contribution in [2.45, 2.75) is 6.42 Å². The van der Waals surface area contributed by atoms with Crippen molar-refractivity contribution in [1.29, 1.82) is 0 Å². The van der Waals surface area contributed by atoms with Crippen LogP contribution in [0.3, 0.4) is 0 Å². The number of nitrogens with zero attached hydrogens (tertiary/aromatic N) is 1. The molecule has 3 aromatic rings.